The first-order chi connectivity index (χ1) is 16.0. The van der Waals surface area contributed by atoms with Crippen molar-refractivity contribution < 1.29 is 14.3 Å². The second-order valence-electron chi connectivity index (χ2n) is 8.20. The molecule has 4 aromatic rings. The van der Waals surface area contributed by atoms with Gasteiger partial charge in [-0.2, -0.15) is 0 Å². The van der Waals surface area contributed by atoms with Gasteiger partial charge in [0.1, 0.15) is 11.6 Å². The van der Waals surface area contributed by atoms with E-state index in [0.29, 0.717) is 31.7 Å². The molecule has 1 aromatic carbocycles. The molecule has 0 aliphatic carbocycles. The number of carboxylic acid groups (broad SMARTS) is 1. The van der Waals surface area contributed by atoms with Crippen molar-refractivity contribution in [1.29, 1.82) is 0 Å². The number of halogens is 1. The van der Waals surface area contributed by atoms with Crippen LogP contribution in [-0.2, 0) is 11.2 Å². The van der Waals surface area contributed by atoms with Crippen molar-refractivity contribution in [3.8, 4) is 11.4 Å². The Morgan fingerprint density at radius 3 is 2.55 bits per heavy atom. The first kappa shape index (κ1) is 20.9. The lowest BCUT2D eigenvalue weighted by Crippen LogP contribution is -2.47. The van der Waals surface area contributed by atoms with E-state index in [9.17, 15) is 9.18 Å². The maximum absolute atomic E-state index is 14.5. The van der Waals surface area contributed by atoms with Gasteiger partial charge < -0.3 is 19.9 Å². The van der Waals surface area contributed by atoms with Gasteiger partial charge in [0.05, 0.1) is 17.5 Å². The highest BCUT2D eigenvalue weighted by atomic mass is 19.1. The quantitative estimate of drug-likeness (QED) is 0.485. The Hall–Kier alpha value is -4.01. The second-order valence-corrected chi connectivity index (χ2v) is 8.20. The van der Waals surface area contributed by atoms with Gasteiger partial charge in [-0.1, -0.05) is 6.07 Å². The fraction of sp³-hybridized carbons (Fsp3) is 0.250. The summed E-state index contributed by atoms with van der Waals surface area (Å²) in [5.41, 5.74) is 4.37. The molecule has 4 heterocycles. The first-order valence-electron chi connectivity index (χ1n) is 10.8. The molecule has 0 amide bonds. The molecule has 2 N–H and O–H groups in total. The van der Waals surface area contributed by atoms with Gasteiger partial charge >= 0.3 is 5.97 Å². The number of hydrogen-bond donors (Lipinski definition) is 2. The van der Waals surface area contributed by atoms with Crippen LogP contribution in [0.2, 0.25) is 0 Å². The predicted octanol–water partition coefficient (Wildman–Crippen LogP) is 3.42. The lowest BCUT2D eigenvalue weighted by atomic mass is 10.2. The van der Waals surface area contributed by atoms with Crippen LogP contribution in [-0.4, -0.2) is 57.2 Å². The van der Waals surface area contributed by atoms with E-state index in [-0.39, 0.29) is 12.2 Å². The highest BCUT2D eigenvalue weighted by molar-refractivity contribution is 5.80. The molecule has 0 unspecified atom stereocenters. The predicted molar refractivity (Wildman–Crippen MR) is 124 cm³/mol. The summed E-state index contributed by atoms with van der Waals surface area (Å²) in [6.45, 7) is 4.58. The van der Waals surface area contributed by atoms with Crippen LogP contribution in [0.15, 0.2) is 48.8 Å². The fourth-order valence-electron chi connectivity index (χ4n) is 4.10. The zero-order valence-corrected chi connectivity index (χ0v) is 18.1. The summed E-state index contributed by atoms with van der Waals surface area (Å²) in [4.78, 5) is 31.6. The lowest BCUT2D eigenvalue weighted by Gasteiger charge is -2.36. The minimum Gasteiger partial charge on any atom is -0.481 e. The van der Waals surface area contributed by atoms with E-state index < -0.39 is 11.8 Å². The zero-order chi connectivity index (χ0) is 22.9. The first-order valence-corrected chi connectivity index (χ1v) is 10.8. The fourth-order valence-corrected chi connectivity index (χ4v) is 4.10. The number of benzene rings is 1. The van der Waals surface area contributed by atoms with Crippen molar-refractivity contribution in [2.75, 3.05) is 36.0 Å². The van der Waals surface area contributed by atoms with Gasteiger partial charge in [-0.25, -0.2) is 19.3 Å². The number of carbonyl (C=O) groups is 1. The molecular formula is C24H23FN6O2. The summed E-state index contributed by atoms with van der Waals surface area (Å²) in [6.07, 6.45) is 3.00. The van der Waals surface area contributed by atoms with Crippen LogP contribution in [0.25, 0.3) is 22.4 Å². The maximum Gasteiger partial charge on any atom is 0.307 e. The van der Waals surface area contributed by atoms with Crippen LogP contribution in [0.1, 0.15) is 11.1 Å². The number of imidazole rings is 1. The third kappa shape index (κ3) is 4.34. The van der Waals surface area contributed by atoms with Crippen LogP contribution in [0.4, 0.5) is 16.0 Å². The average molecular weight is 446 g/mol. The number of fused-ring (bicyclic) bond motifs is 1. The van der Waals surface area contributed by atoms with Crippen molar-refractivity contribution in [2.45, 2.75) is 13.3 Å². The van der Waals surface area contributed by atoms with Crippen LogP contribution in [0.3, 0.4) is 0 Å². The molecule has 0 bridgehead atoms. The number of carboxylic acids is 1. The number of aromatic amines is 1. The summed E-state index contributed by atoms with van der Waals surface area (Å²) in [7, 11) is 0. The van der Waals surface area contributed by atoms with E-state index >= 15 is 0 Å². The van der Waals surface area contributed by atoms with Gasteiger partial charge in [0.2, 0.25) is 0 Å². The molecule has 0 spiro atoms. The highest BCUT2D eigenvalue weighted by Gasteiger charge is 2.22. The van der Waals surface area contributed by atoms with Gasteiger partial charge in [-0.3, -0.25) is 4.79 Å². The van der Waals surface area contributed by atoms with Crippen molar-refractivity contribution in [1.82, 2.24) is 19.9 Å². The summed E-state index contributed by atoms with van der Waals surface area (Å²) >= 11 is 0. The van der Waals surface area contributed by atoms with E-state index in [2.05, 4.69) is 37.8 Å². The smallest absolute Gasteiger partial charge is 0.307 e. The van der Waals surface area contributed by atoms with Crippen LogP contribution >= 0.6 is 0 Å². The van der Waals surface area contributed by atoms with Crippen molar-refractivity contribution >= 4 is 28.6 Å². The molecule has 0 saturated carbocycles. The highest BCUT2D eigenvalue weighted by Crippen LogP contribution is 2.24. The number of aromatic nitrogens is 4. The lowest BCUT2D eigenvalue weighted by molar-refractivity contribution is -0.136. The third-order valence-corrected chi connectivity index (χ3v) is 5.80. The number of nitrogens with zero attached hydrogens (tertiary/aromatic N) is 5. The molecule has 168 valence electrons. The number of aryl methyl sites for hydroxylation is 1. The third-order valence-electron chi connectivity index (χ3n) is 5.80. The Morgan fingerprint density at radius 1 is 1.06 bits per heavy atom. The van der Waals surface area contributed by atoms with E-state index in [1.165, 1.54) is 17.8 Å². The second kappa shape index (κ2) is 8.50. The van der Waals surface area contributed by atoms with Gasteiger partial charge in [0.15, 0.2) is 11.6 Å². The zero-order valence-electron chi connectivity index (χ0n) is 18.1. The largest absolute Gasteiger partial charge is 0.481 e. The number of anilines is 2. The number of nitrogens with one attached hydrogen (secondary N) is 1. The molecular weight excluding hydrogens is 423 g/mol. The van der Waals surface area contributed by atoms with Crippen molar-refractivity contribution in [3.05, 3.63) is 65.7 Å². The maximum atomic E-state index is 14.5. The molecule has 8 nitrogen and oxygen atoms in total. The molecule has 1 saturated heterocycles. The van der Waals surface area contributed by atoms with E-state index in [4.69, 9.17) is 5.11 Å². The molecule has 9 heteroatoms. The Labute approximate surface area is 189 Å². The number of hydrogen-bond acceptors (Lipinski definition) is 6. The van der Waals surface area contributed by atoms with Crippen LogP contribution < -0.4 is 9.80 Å². The number of H-pyrrole nitrogens is 1. The molecule has 1 fully saturated rings. The summed E-state index contributed by atoms with van der Waals surface area (Å²) in [5, 5.41) is 8.86. The molecule has 3 aromatic heterocycles. The van der Waals surface area contributed by atoms with E-state index in [0.717, 1.165) is 28.2 Å². The topological polar surface area (TPSA) is 98.2 Å². The summed E-state index contributed by atoms with van der Waals surface area (Å²) in [5.74, 6) is 0.396. The van der Waals surface area contributed by atoms with Gasteiger partial charge in [0.25, 0.3) is 0 Å². The molecule has 5 rings (SSSR count). The van der Waals surface area contributed by atoms with Crippen molar-refractivity contribution in [3.63, 3.8) is 0 Å². The van der Waals surface area contributed by atoms with Crippen molar-refractivity contribution in [2.24, 2.45) is 0 Å². The molecule has 0 atom stereocenters. The van der Waals surface area contributed by atoms with Gasteiger partial charge in [0, 0.05) is 44.1 Å². The van der Waals surface area contributed by atoms with Gasteiger partial charge in [-0.15, -0.1) is 0 Å². The Bertz CT molecular complexity index is 1310. The monoisotopic (exact) mass is 446 g/mol. The Kier molecular flexibility index (Phi) is 5.37. The normalized spacial score (nSPS) is 14.1. The number of pyridine rings is 2. The molecule has 0 radical (unpaired) electrons. The van der Waals surface area contributed by atoms with Crippen LogP contribution in [0, 0.1) is 12.7 Å². The average Bonchev–Trinajstić information content (AvgIpc) is 3.22. The number of rotatable bonds is 5. The Morgan fingerprint density at radius 2 is 1.85 bits per heavy atom. The van der Waals surface area contributed by atoms with Crippen LogP contribution in [0.5, 0.6) is 0 Å². The molecule has 33 heavy (non-hydrogen) atoms. The number of aliphatic carboxylic acids is 1. The Balaban J connectivity index is 1.25. The molecule has 1 aliphatic rings. The minimum absolute atomic E-state index is 0.243. The standard InChI is InChI=1S/C24H23FN6O2/c1-15-2-4-19-20(10-15)29-23(28-19)17-3-5-21(26-14-17)30-6-8-31(9-7-30)24-18(25)11-16(13-27-24)12-22(32)33/h2-5,10-11,13-14H,6-9,12H2,1H3,(H,28,29)(H,32,33). The van der Waals surface area contributed by atoms with E-state index in [1.807, 2.05) is 35.4 Å². The van der Waals surface area contributed by atoms with E-state index in [1.54, 1.807) is 0 Å². The van der Waals surface area contributed by atoms with Gasteiger partial charge in [-0.05, 0) is 48.4 Å². The summed E-state index contributed by atoms with van der Waals surface area (Å²) < 4.78 is 14.5. The number of piperazine rings is 1. The molecule has 1 aliphatic heterocycles. The SMILES string of the molecule is Cc1ccc2nc(-c3ccc(N4CCN(c5ncc(CC(=O)O)cc5F)CC4)nc3)[nH]c2c1. The minimum atomic E-state index is -1.01. The summed E-state index contributed by atoms with van der Waals surface area (Å²) in [6, 6.07) is 11.3.